The maximum absolute atomic E-state index is 14.1. The number of carboxylic acids is 1. The van der Waals surface area contributed by atoms with Crippen molar-refractivity contribution in [2.75, 3.05) is 18.6 Å². The number of primary amides is 1. The van der Waals surface area contributed by atoms with Crippen LogP contribution in [0.4, 0.5) is 0 Å². The Labute approximate surface area is 385 Å². The number of aliphatic hydroxyl groups excluding tert-OH is 1. The lowest BCUT2D eigenvalue weighted by molar-refractivity contribution is -0.144. The van der Waals surface area contributed by atoms with Crippen molar-refractivity contribution in [3.8, 4) is 0 Å². The van der Waals surface area contributed by atoms with Crippen LogP contribution >= 0.6 is 11.8 Å². The van der Waals surface area contributed by atoms with E-state index < -0.39 is 144 Å². The third-order valence-electron chi connectivity index (χ3n) is 10.7. The summed E-state index contributed by atoms with van der Waals surface area (Å²) >= 11 is 1.41. The maximum atomic E-state index is 14.1. The molecule has 1 saturated heterocycles. The van der Waals surface area contributed by atoms with Crippen molar-refractivity contribution >= 4 is 70.9 Å². The van der Waals surface area contributed by atoms with E-state index in [1.165, 1.54) is 30.5 Å². The van der Waals surface area contributed by atoms with Crippen LogP contribution in [0.2, 0.25) is 0 Å². The van der Waals surface area contributed by atoms with Gasteiger partial charge < -0.3 is 63.8 Å². The number of hydrogen-bond acceptors (Lipinski definition) is 13. The molecule has 65 heavy (non-hydrogen) atoms. The molecule has 13 N–H and O–H groups in total. The first kappa shape index (κ1) is 58.0. The van der Waals surface area contributed by atoms with Crippen LogP contribution in [-0.4, -0.2) is 153 Å². The van der Waals surface area contributed by atoms with Gasteiger partial charge in [0.15, 0.2) is 0 Å². The average molecular weight is 943 g/mol. The summed E-state index contributed by atoms with van der Waals surface area (Å²) in [6.07, 6.45) is 0.950. The zero-order valence-corrected chi connectivity index (χ0v) is 40.3. The van der Waals surface area contributed by atoms with Crippen molar-refractivity contribution in [1.82, 2.24) is 42.1 Å². The summed E-state index contributed by atoms with van der Waals surface area (Å²) in [5.41, 5.74) is 11.0. The molecule has 0 saturated carbocycles. The highest BCUT2D eigenvalue weighted by atomic mass is 32.2. The Morgan fingerprint density at radius 2 is 1.15 bits per heavy atom. The summed E-state index contributed by atoms with van der Waals surface area (Å²) in [7, 11) is 0. The van der Waals surface area contributed by atoms with Crippen molar-refractivity contribution < 1.29 is 58.2 Å². The Hall–Kier alpha value is -5.03. The number of carbonyl (C=O) groups is 10. The molecular weight excluding hydrogens is 869 g/mol. The number of nitrogens with one attached hydrogen (secondary N) is 7. The van der Waals surface area contributed by atoms with Crippen molar-refractivity contribution in [3.63, 3.8) is 0 Å². The topological polar surface area (TPSA) is 351 Å². The molecule has 1 rings (SSSR count). The SMILES string of the molecule is CSCCC(NC(=O)C1CCCN1C(=O)C(NC(=O)C(CC(C)C)NC(=O)C(N)CC(N)=O)C(C)C)C(=O)NC(C(=O)NC(C)C(=O)NC(C(=O)NC(C(=O)O)C(C)C)C(C)O)C(C)C. The van der Waals surface area contributed by atoms with Gasteiger partial charge in [-0.3, -0.25) is 43.2 Å². The predicted molar refractivity (Wildman–Crippen MR) is 242 cm³/mol. The van der Waals surface area contributed by atoms with Gasteiger partial charge in [-0.05, 0) is 75.2 Å². The highest BCUT2D eigenvalue weighted by Gasteiger charge is 2.41. The van der Waals surface area contributed by atoms with Gasteiger partial charge >= 0.3 is 5.97 Å². The number of carboxylic acid groups (broad SMARTS) is 1. The van der Waals surface area contributed by atoms with Gasteiger partial charge in [0.25, 0.3) is 0 Å². The Bertz CT molecular complexity index is 1700. The van der Waals surface area contributed by atoms with Gasteiger partial charge in [0.1, 0.15) is 48.3 Å². The first-order valence-electron chi connectivity index (χ1n) is 22.0. The van der Waals surface area contributed by atoms with E-state index in [1.54, 1.807) is 47.8 Å². The molecule has 10 unspecified atom stereocenters. The van der Waals surface area contributed by atoms with Crippen molar-refractivity contribution in [2.24, 2.45) is 35.1 Å². The van der Waals surface area contributed by atoms with E-state index in [0.29, 0.717) is 12.2 Å². The summed E-state index contributed by atoms with van der Waals surface area (Å²) in [6, 6.07) is -11.0. The molecule has 9 amide bonds. The second-order valence-corrected chi connectivity index (χ2v) is 19.0. The number of aliphatic carboxylic acids is 1. The van der Waals surface area contributed by atoms with Crippen LogP contribution in [0.3, 0.4) is 0 Å². The zero-order valence-electron chi connectivity index (χ0n) is 39.5. The number of rotatable bonds is 27. The molecule has 0 bridgehead atoms. The lowest BCUT2D eigenvalue weighted by atomic mass is 9.99. The monoisotopic (exact) mass is 943 g/mol. The average Bonchev–Trinajstić information content (AvgIpc) is 3.70. The zero-order chi connectivity index (χ0) is 50.0. The fourth-order valence-electron chi connectivity index (χ4n) is 6.91. The van der Waals surface area contributed by atoms with Gasteiger partial charge in [-0.25, -0.2) is 4.79 Å². The Kier molecular flexibility index (Phi) is 24.5. The highest BCUT2D eigenvalue weighted by Crippen LogP contribution is 2.22. The van der Waals surface area contributed by atoms with E-state index in [4.69, 9.17) is 11.5 Å². The fraction of sp³-hybridized carbons (Fsp3) is 0.762. The van der Waals surface area contributed by atoms with Gasteiger partial charge in [0.2, 0.25) is 53.2 Å². The molecule has 0 radical (unpaired) electrons. The Balaban J connectivity index is 3.19. The summed E-state index contributed by atoms with van der Waals surface area (Å²) in [6.45, 7) is 16.2. The molecule has 1 fully saturated rings. The van der Waals surface area contributed by atoms with Crippen LogP contribution in [0.15, 0.2) is 0 Å². The van der Waals surface area contributed by atoms with Gasteiger partial charge in [0, 0.05) is 6.54 Å². The van der Waals surface area contributed by atoms with Crippen LogP contribution in [0.25, 0.3) is 0 Å². The van der Waals surface area contributed by atoms with Crippen molar-refractivity contribution in [2.45, 2.75) is 162 Å². The predicted octanol–water partition coefficient (Wildman–Crippen LogP) is -2.17. The fourth-order valence-corrected chi connectivity index (χ4v) is 7.38. The quantitative estimate of drug-likeness (QED) is 0.0418. The Morgan fingerprint density at radius 3 is 1.65 bits per heavy atom. The number of amides is 9. The molecule has 370 valence electrons. The standard InChI is InChI=1S/C42H74N10O12S/c1-19(2)17-27(47-35(56)25(43)18-29(44)54)37(58)49-31(21(5)6)41(62)52-15-12-13-28(52)38(59)46-26(14-16-65-11)36(57)48-30(20(3)4)39(60)45-23(9)34(55)51-33(24(10)53)40(61)50-32(22(7)8)42(63)64/h19-28,30-33,53H,12-18,43H2,1-11H3,(H2,44,54)(H,45,60)(H,46,59)(H,47,56)(H,48,57)(H,49,58)(H,50,61)(H,51,55)(H,63,64). The molecule has 0 aromatic carbocycles. The molecule has 1 aliphatic rings. The van der Waals surface area contributed by atoms with Gasteiger partial charge in [-0.2, -0.15) is 11.8 Å². The second kappa shape index (κ2) is 27.4. The van der Waals surface area contributed by atoms with E-state index in [2.05, 4.69) is 37.2 Å². The summed E-state index contributed by atoms with van der Waals surface area (Å²) in [5.74, 6) is -9.17. The minimum Gasteiger partial charge on any atom is -0.480 e. The smallest absolute Gasteiger partial charge is 0.326 e. The molecule has 10 atom stereocenters. The number of carbonyl (C=O) groups excluding carboxylic acids is 9. The minimum atomic E-state index is -1.56. The normalized spacial score (nSPS) is 18.0. The first-order valence-corrected chi connectivity index (χ1v) is 23.4. The van der Waals surface area contributed by atoms with Crippen molar-refractivity contribution in [1.29, 1.82) is 0 Å². The largest absolute Gasteiger partial charge is 0.480 e. The molecule has 0 aliphatic carbocycles. The van der Waals surface area contributed by atoms with Crippen LogP contribution in [0.1, 0.15) is 101 Å². The first-order chi connectivity index (χ1) is 30.1. The number of aliphatic hydroxyl groups is 1. The van der Waals surface area contributed by atoms with Crippen LogP contribution < -0.4 is 48.7 Å². The van der Waals surface area contributed by atoms with E-state index in [-0.39, 0.29) is 31.7 Å². The summed E-state index contributed by atoms with van der Waals surface area (Å²) < 4.78 is 0. The molecule has 0 aromatic heterocycles. The third-order valence-corrected chi connectivity index (χ3v) is 11.3. The number of thioether (sulfide) groups is 1. The minimum absolute atomic E-state index is 0.0716. The molecule has 22 nitrogen and oxygen atoms in total. The maximum Gasteiger partial charge on any atom is 0.326 e. The third kappa shape index (κ3) is 18.8. The summed E-state index contributed by atoms with van der Waals surface area (Å²) in [5, 5.41) is 37.6. The molecule has 0 aromatic rings. The lowest BCUT2D eigenvalue weighted by Crippen LogP contribution is -2.61. The van der Waals surface area contributed by atoms with E-state index >= 15 is 0 Å². The van der Waals surface area contributed by atoms with Gasteiger partial charge in [-0.1, -0.05) is 55.4 Å². The number of hydrogen-bond donors (Lipinski definition) is 11. The second-order valence-electron chi connectivity index (χ2n) is 18.0. The van der Waals surface area contributed by atoms with Crippen LogP contribution in [0, 0.1) is 23.7 Å². The van der Waals surface area contributed by atoms with Crippen molar-refractivity contribution in [3.05, 3.63) is 0 Å². The van der Waals surface area contributed by atoms with E-state index in [9.17, 15) is 58.2 Å². The van der Waals surface area contributed by atoms with E-state index in [0.717, 1.165) is 0 Å². The van der Waals surface area contributed by atoms with Gasteiger partial charge in [-0.15, -0.1) is 0 Å². The number of nitrogens with zero attached hydrogens (tertiary/aromatic N) is 1. The molecule has 1 heterocycles. The van der Waals surface area contributed by atoms with Gasteiger partial charge in [0.05, 0.1) is 18.6 Å². The molecule has 0 spiro atoms. The number of likely N-dealkylation sites (tertiary alicyclic amines) is 1. The summed E-state index contributed by atoms with van der Waals surface area (Å²) in [4.78, 5) is 132. The molecule has 23 heteroatoms. The van der Waals surface area contributed by atoms with Crippen LogP contribution in [-0.2, 0) is 47.9 Å². The highest BCUT2D eigenvalue weighted by molar-refractivity contribution is 7.98. The Morgan fingerprint density at radius 1 is 0.646 bits per heavy atom. The molecular formula is C42H74N10O12S. The number of nitrogens with two attached hydrogens (primary N) is 2. The lowest BCUT2D eigenvalue weighted by Gasteiger charge is -2.32. The van der Waals surface area contributed by atoms with E-state index in [1.807, 2.05) is 13.8 Å². The van der Waals surface area contributed by atoms with Crippen LogP contribution in [0.5, 0.6) is 0 Å². The molecule has 1 aliphatic heterocycles.